The molecule has 1 N–H and O–H groups in total. The molecule has 96 valence electrons. The number of rotatable bonds is 6. The zero-order chi connectivity index (χ0) is 12.8. The second kappa shape index (κ2) is 6.27. The summed E-state index contributed by atoms with van der Waals surface area (Å²) in [6, 6.07) is 10.1. The lowest BCUT2D eigenvalue weighted by molar-refractivity contribution is 0.00299. The molecular formula is C14H18N2O2. The van der Waals surface area contributed by atoms with Crippen LogP contribution in [0.15, 0.2) is 24.3 Å². The van der Waals surface area contributed by atoms with Crippen LogP contribution in [0.3, 0.4) is 0 Å². The first kappa shape index (κ1) is 12.7. The lowest BCUT2D eigenvalue weighted by Gasteiger charge is -2.36. The molecule has 4 heteroatoms. The van der Waals surface area contributed by atoms with Crippen LogP contribution in [0.1, 0.15) is 19.8 Å². The van der Waals surface area contributed by atoms with Crippen molar-refractivity contribution in [3.8, 4) is 11.8 Å². The molecule has 1 saturated carbocycles. The molecule has 2 rings (SSSR count). The highest BCUT2D eigenvalue weighted by molar-refractivity contribution is 5.49. The first-order chi connectivity index (χ1) is 8.81. The molecule has 1 aliphatic carbocycles. The number of ether oxygens (including phenoxy) is 2. The molecule has 4 nitrogen and oxygen atoms in total. The summed E-state index contributed by atoms with van der Waals surface area (Å²) < 4.78 is 10.8. The minimum absolute atomic E-state index is 0.0826. The van der Waals surface area contributed by atoms with Gasteiger partial charge in [-0.3, -0.25) is 0 Å². The van der Waals surface area contributed by atoms with E-state index in [9.17, 15) is 0 Å². The van der Waals surface area contributed by atoms with Crippen LogP contribution in [-0.4, -0.2) is 25.4 Å². The fraction of sp³-hybridized carbons (Fsp3) is 0.500. The van der Waals surface area contributed by atoms with Gasteiger partial charge in [0.05, 0.1) is 6.10 Å². The Bertz CT molecular complexity index is 422. The summed E-state index contributed by atoms with van der Waals surface area (Å²) in [4.78, 5) is 0. The first-order valence-electron chi connectivity index (χ1n) is 6.29. The van der Waals surface area contributed by atoms with Crippen LogP contribution in [0.5, 0.6) is 5.75 Å². The molecule has 0 aromatic heterocycles. The third-order valence-corrected chi connectivity index (χ3v) is 3.01. The predicted octanol–water partition coefficient (Wildman–Crippen LogP) is 2.57. The molecule has 1 aromatic carbocycles. The van der Waals surface area contributed by atoms with Crippen molar-refractivity contribution in [2.75, 3.05) is 18.5 Å². The van der Waals surface area contributed by atoms with Gasteiger partial charge in [0, 0.05) is 24.4 Å². The summed E-state index contributed by atoms with van der Waals surface area (Å²) in [5.74, 6) is 0.724. The molecule has 0 unspecified atom stereocenters. The van der Waals surface area contributed by atoms with Crippen molar-refractivity contribution in [1.82, 2.24) is 0 Å². The molecule has 0 amide bonds. The summed E-state index contributed by atoms with van der Waals surface area (Å²) in [6.45, 7) is 2.89. The third-order valence-electron chi connectivity index (χ3n) is 3.01. The zero-order valence-electron chi connectivity index (χ0n) is 10.6. The Morgan fingerprint density at radius 1 is 1.44 bits per heavy atom. The van der Waals surface area contributed by atoms with Gasteiger partial charge in [-0.05, 0) is 31.9 Å². The van der Waals surface area contributed by atoms with Crippen molar-refractivity contribution in [3.05, 3.63) is 24.3 Å². The summed E-state index contributed by atoms with van der Waals surface area (Å²) >= 11 is 0. The number of hydrogen-bond acceptors (Lipinski definition) is 4. The van der Waals surface area contributed by atoms with Gasteiger partial charge in [0.2, 0.25) is 0 Å². The van der Waals surface area contributed by atoms with E-state index in [2.05, 4.69) is 5.32 Å². The van der Waals surface area contributed by atoms with Crippen molar-refractivity contribution in [3.63, 3.8) is 0 Å². The van der Waals surface area contributed by atoms with Crippen LogP contribution in [0.2, 0.25) is 0 Å². The molecule has 0 heterocycles. The maximum absolute atomic E-state index is 8.46. The van der Waals surface area contributed by atoms with E-state index < -0.39 is 0 Å². The third kappa shape index (κ3) is 3.38. The van der Waals surface area contributed by atoms with E-state index in [-0.39, 0.29) is 6.61 Å². The van der Waals surface area contributed by atoms with Gasteiger partial charge >= 0.3 is 0 Å². The lowest BCUT2D eigenvalue weighted by Crippen LogP contribution is -2.40. The molecule has 1 aliphatic rings. The van der Waals surface area contributed by atoms with Gasteiger partial charge in [0.1, 0.15) is 11.8 Å². The van der Waals surface area contributed by atoms with Gasteiger partial charge in [-0.15, -0.1) is 0 Å². The smallest absolute Gasteiger partial charge is 0.174 e. The Hall–Kier alpha value is -1.73. The van der Waals surface area contributed by atoms with E-state index in [0.717, 1.165) is 30.9 Å². The average Bonchev–Trinajstić information content (AvgIpc) is 2.34. The molecular weight excluding hydrogens is 228 g/mol. The van der Waals surface area contributed by atoms with E-state index in [1.807, 2.05) is 37.3 Å². The maximum atomic E-state index is 8.46. The van der Waals surface area contributed by atoms with Crippen molar-refractivity contribution in [2.45, 2.75) is 31.9 Å². The van der Waals surface area contributed by atoms with Gasteiger partial charge in [-0.2, -0.15) is 5.26 Å². The Labute approximate surface area is 108 Å². The highest BCUT2D eigenvalue weighted by Gasteiger charge is 2.29. The van der Waals surface area contributed by atoms with Crippen molar-refractivity contribution >= 4 is 5.69 Å². The fourth-order valence-corrected chi connectivity index (χ4v) is 2.08. The number of nitrogens with zero attached hydrogens (tertiary/aromatic N) is 1. The standard InChI is InChI=1S/C14H18N2O2/c1-2-17-14-9-12(10-14)16-11-4-3-5-13(8-11)18-7-6-15/h3-5,8,12,14,16H,2,7,9-10H2,1H3. The zero-order valence-corrected chi connectivity index (χ0v) is 10.6. The van der Waals surface area contributed by atoms with Crippen LogP contribution in [0.25, 0.3) is 0 Å². The highest BCUT2D eigenvalue weighted by atomic mass is 16.5. The Balaban J connectivity index is 1.81. The summed E-state index contributed by atoms with van der Waals surface area (Å²) in [7, 11) is 0. The van der Waals surface area contributed by atoms with E-state index in [1.165, 1.54) is 0 Å². The van der Waals surface area contributed by atoms with Gasteiger partial charge in [-0.1, -0.05) is 6.07 Å². The first-order valence-corrected chi connectivity index (χ1v) is 6.29. The van der Waals surface area contributed by atoms with E-state index in [0.29, 0.717) is 12.1 Å². The minimum Gasteiger partial charge on any atom is -0.479 e. The highest BCUT2D eigenvalue weighted by Crippen LogP contribution is 2.28. The number of benzene rings is 1. The maximum Gasteiger partial charge on any atom is 0.174 e. The lowest BCUT2D eigenvalue weighted by atomic mass is 9.89. The van der Waals surface area contributed by atoms with Crippen LogP contribution < -0.4 is 10.1 Å². The monoisotopic (exact) mass is 246 g/mol. The molecule has 0 aliphatic heterocycles. The molecule has 0 saturated heterocycles. The largest absolute Gasteiger partial charge is 0.479 e. The second-order valence-electron chi connectivity index (χ2n) is 4.36. The molecule has 0 atom stereocenters. The van der Waals surface area contributed by atoms with Gasteiger partial charge < -0.3 is 14.8 Å². The second-order valence-corrected chi connectivity index (χ2v) is 4.36. The SMILES string of the molecule is CCOC1CC(Nc2cccc(OCC#N)c2)C1. The molecule has 1 aromatic rings. The number of nitrogens with one attached hydrogen (secondary N) is 1. The van der Waals surface area contributed by atoms with Crippen LogP contribution in [0, 0.1) is 11.3 Å². The number of nitriles is 1. The van der Waals surface area contributed by atoms with Gasteiger partial charge in [0.25, 0.3) is 0 Å². The normalized spacial score (nSPS) is 21.8. The van der Waals surface area contributed by atoms with E-state index >= 15 is 0 Å². The van der Waals surface area contributed by atoms with E-state index in [4.69, 9.17) is 14.7 Å². The molecule has 18 heavy (non-hydrogen) atoms. The van der Waals surface area contributed by atoms with Crippen molar-refractivity contribution in [1.29, 1.82) is 5.26 Å². The summed E-state index contributed by atoms with van der Waals surface area (Å²) in [5, 5.41) is 11.9. The molecule has 0 spiro atoms. The molecule has 0 bridgehead atoms. The average molecular weight is 246 g/mol. The number of hydrogen-bond donors (Lipinski definition) is 1. The Morgan fingerprint density at radius 3 is 3.00 bits per heavy atom. The molecule has 0 radical (unpaired) electrons. The Morgan fingerprint density at radius 2 is 2.28 bits per heavy atom. The van der Waals surface area contributed by atoms with Crippen molar-refractivity contribution < 1.29 is 9.47 Å². The fourth-order valence-electron chi connectivity index (χ4n) is 2.08. The van der Waals surface area contributed by atoms with Crippen LogP contribution in [-0.2, 0) is 4.74 Å². The molecule has 1 fully saturated rings. The van der Waals surface area contributed by atoms with Gasteiger partial charge in [0.15, 0.2) is 6.61 Å². The van der Waals surface area contributed by atoms with Gasteiger partial charge in [-0.25, -0.2) is 0 Å². The summed E-state index contributed by atoms with van der Waals surface area (Å²) in [5.41, 5.74) is 1.03. The van der Waals surface area contributed by atoms with Crippen LogP contribution in [0.4, 0.5) is 5.69 Å². The minimum atomic E-state index is 0.0826. The topological polar surface area (TPSA) is 54.3 Å². The summed E-state index contributed by atoms with van der Waals surface area (Å²) in [6.07, 6.45) is 2.51. The van der Waals surface area contributed by atoms with Crippen LogP contribution >= 0.6 is 0 Å². The Kier molecular flexibility index (Phi) is 4.43. The predicted molar refractivity (Wildman–Crippen MR) is 69.6 cm³/mol. The van der Waals surface area contributed by atoms with Crippen molar-refractivity contribution in [2.24, 2.45) is 0 Å². The van der Waals surface area contributed by atoms with E-state index in [1.54, 1.807) is 0 Å². The number of anilines is 1. The quantitative estimate of drug-likeness (QED) is 0.838.